The van der Waals surface area contributed by atoms with Crippen molar-refractivity contribution in [3.8, 4) is 5.75 Å². The van der Waals surface area contributed by atoms with Crippen molar-refractivity contribution in [2.45, 2.75) is 20.3 Å². The molecule has 1 heterocycles. The maximum absolute atomic E-state index is 12.6. The molecule has 1 aliphatic rings. The number of aryl methyl sites for hydroxylation is 2. The molecular weight excluding hydrogens is 352 g/mol. The highest BCUT2D eigenvalue weighted by Crippen LogP contribution is 2.31. The van der Waals surface area contributed by atoms with Crippen molar-refractivity contribution in [3.05, 3.63) is 52.5 Å². The SMILES string of the molecule is COc1ccc(Cl)cc1NC(=O)[C@@H]1CC(=O)N(c2ccc(C)c(C)c2)C1. The normalized spacial score (nSPS) is 16.7. The minimum atomic E-state index is -0.423. The highest BCUT2D eigenvalue weighted by molar-refractivity contribution is 6.31. The van der Waals surface area contributed by atoms with E-state index < -0.39 is 5.92 Å². The van der Waals surface area contributed by atoms with Crippen molar-refractivity contribution < 1.29 is 14.3 Å². The van der Waals surface area contributed by atoms with E-state index in [-0.39, 0.29) is 18.2 Å². The van der Waals surface area contributed by atoms with E-state index >= 15 is 0 Å². The summed E-state index contributed by atoms with van der Waals surface area (Å²) >= 11 is 6.00. The van der Waals surface area contributed by atoms with E-state index in [1.807, 2.05) is 32.0 Å². The number of ether oxygens (including phenoxy) is 1. The minimum Gasteiger partial charge on any atom is -0.495 e. The number of anilines is 2. The van der Waals surface area contributed by atoms with Crippen LogP contribution in [0.15, 0.2) is 36.4 Å². The van der Waals surface area contributed by atoms with Gasteiger partial charge in [0, 0.05) is 23.7 Å². The van der Waals surface area contributed by atoms with Crippen LogP contribution in [0.25, 0.3) is 0 Å². The van der Waals surface area contributed by atoms with Gasteiger partial charge in [0.25, 0.3) is 0 Å². The van der Waals surface area contributed by atoms with Crippen LogP contribution in [0.1, 0.15) is 17.5 Å². The van der Waals surface area contributed by atoms with Crippen LogP contribution in [-0.4, -0.2) is 25.5 Å². The van der Waals surface area contributed by atoms with Gasteiger partial charge in [0.2, 0.25) is 11.8 Å². The zero-order chi connectivity index (χ0) is 18.8. The van der Waals surface area contributed by atoms with Gasteiger partial charge in [-0.05, 0) is 55.3 Å². The number of rotatable bonds is 4. The zero-order valence-electron chi connectivity index (χ0n) is 15.0. The first-order chi connectivity index (χ1) is 12.4. The number of nitrogens with one attached hydrogen (secondary N) is 1. The van der Waals surface area contributed by atoms with Gasteiger partial charge in [-0.2, -0.15) is 0 Å². The molecule has 1 saturated heterocycles. The fraction of sp³-hybridized carbons (Fsp3) is 0.300. The molecule has 2 amide bonds. The monoisotopic (exact) mass is 372 g/mol. The van der Waals surface area contributed by atoms with Crippen molar-refractivity contribution in [2.75, 3.05) is 23.9 Å². The summed E-state index contributed by atoms with van der Waals surface area (Å²) in [4.78, 5) is 26.7. The van der Waals surface area contributed by atoms with Crippen LogP contribution in [0.5, 0.6) is 5.75 Å². The van der Waals surface area contributed by atoms with Gasteiger partial charge in [-0.25, -0.2) is 0 Å². The van der Waals surface area contributed by atoms with Crippen molar-refractivity contribution in [3.63, 3.8) is 0 Å². The molecule has 0 aromatic heterocycles. The summed E-state index contributed by atoms with van der Waals surface area (Å²) < 4.78 is 5.25. The second-order valence-corrected chi connectivity index (χ2v) is 6.94. The van der Waals surface area contributed by atoms with Crippen molar-refractivity contribution in [1.82, 2.24) is 0 Å². The number of halogens is 1. The predicted molar refractivity (Wildman–Crippen MR) is 103 cm³/mol. The number of hydrogen-bond acceptors (Lipinski definition) is 3. The summed E-state index contributed by atoms with van der Waals surface area (Å²) in [6.45, 7) is 4.39. The Morgan fingerprint density at radius 1 is 1.19 bits per heavy atom. The molecule has 0 spiro atoms. The Bertz CT molecular complexity index is 866. The Kier molecular flexibility index (Phi) is 5.18. The standard InChI is InChI=1S/C20H21ClN2O3/c1-12-4-6-16(8-13(12)2)23-11-14(9-19(23)24)20(25)22-17-10-15(21)5-7-18(17)26-3/h4-8,10,14H,9,11H2,1-3H3,(H,22,25)/t14-/m1/s1. The van der Waals surface area contributed by atoms with Crippen LogP contribution in [0, 0.1) is 19.8 Å². The van der Waals surface area contributed by atoms with Crippen molar-refractivity contribution >= 4 is 34.8 Å². The zero-order valence-corrected chi connectivity index (χ0v) is 15.8. The molecule has 5 nitrogen and oxygen atoms in total. The molecule has 6 heteroatoms. The second kappa shape index (κ2) is 7.38. The van der Waals surface area contributed by atoms with Crippen LogP contribution in [0.2, 0.25) is 5.02 Å². The van der Waals surface area contributed by atoms with Gasteiger partial charge in [-0.15, -0.1) is 0 Å². The third-order valence-electron chi connectivity index (χ3n) is 4.72. The number of hydrogen-bond donors (Lipinski definition) is 1. The number of amides is 2. The van der Waals surface area contributed by atoms with Gasteiger partial charge >= 0.3 is 0 Å². The molecule has 2 aromatic rings. The van der Waals surface area contributed by atoms with E-state index in [1.54, 1.807) is 23.1 Å². The summed E-state index contributed by atoms with van der Waals surface area (Å²) in [5.74, 6) is -0.164. The van der Waals surface area contributed by atoms with Crippen molar-refractivity contribution in [1.29, 1.82) is 0 Å². The van der Waals surface area contributed by atoms with E-state index in [0.29, 0.717) is 23.0 Å². The lowest BCUT2D eigenvalue weighted by Crippen LogP contribution is -2.28. The Labute approximate surface area is 157 Å². The average molecular weight is 373 g/mol. The molecule has 1 aliphatic heterocycles. The summed E-state index contributed by atoms with van der Waals surface area (Å²) in [7, 11) is 1.53. The lowest BCUT2D eigenvalue weighted by molar-refractivity contribution is -0.122. The first-order valence-electron chi connectivity index (χ1n) is 8.41. The topological polar surface area (TPSA) is 58.6 Å². The fourth-order valence-corrected chi connectivity index (χ4v) is 3.21. The molecule has 3 rings (SSSR count). The minimum absolute atomic E-state index is 0.0496. The molecule has 1 N–H and O–H groups in total. The van der Waals surface area contributed by atoms with E-state index in [2.05, 4.69) is 5.32 Å². The summed E-state index contributed by atoms with van der Waals surface area (Å²) in [5, 5.41) is 3.33. The third-order valence-corrected chi connectivity index (χ3v) is 4.95. The fourth-order valence-electron chi connectivity index (χ4n) is 3.04. The van der Waals surface area contributed by atoms with E-state index in [1.165, 1.54) is 12.7 Å². The van der Waals surface area contributed by atoms with Crippen LogP contribution < -0.4 is 15.0 Å². The Balaban J connectivity index is 1.75. The van der Waals surface area contributed by atoms with Gasteiger partial charge in [-0.3, -0.25) is 9.59 Å². The molecule has 0 saturated carbocycles. The molecule has 0 unspecified atom stereocenters. The lowest BCUT2D eigenvalue weighted by Gasteiger charge is -2.18. The maximum Gasteiger partial charge on any atom is 0.229 e. The molecule has 26 heavy (non-hydrogen) atoms. The van der Waals surface area contributed by atoms with Crippen LogP contribution >= 0.6 is 11.6 Å². The second-order valence-electron chi connectivity index (χ2n) is 6.51. The largest absolute Gasteiger partial charge is 0.495 e. The Morgan fingerprint density at radius 3 is 2.65 bits per heavy atom. The highest BCUT2D eigenvalue weighted by atomic mass is 35.5. The van der Waals surface area contributed by atoms with E-state index in [9.17, 15) is 9.59 Å². The van der Waals surface area contributed by atoms with Crippen LogP contribution in [0.4, 0.5) is 11.4 Å². The summed E-state index contributed by atoms with van der Waals surface area (Å²) in [6.07, 6.45) is 0.182. The highest BCUT2D eigenvalue weighted by Gasteiger charge is 2.35. The number of methoxy groups -OCH3 is 1. The van der Waals surface area contributed by atoms with Gasteiger partial charge in [-0.1, -0.05) is 17.7 Å². The Morgan fingerprint density at radius 2 is 1.96 bits per heavy atom. The smallest absolute Gasteiger partial charge is 0.229 e. The molecule has 0 radical (unpaired) electrons. The molecule has 0 bridgehead atoms. The van der Waals surface area contributed by atoms with Gasteiger partial charge < -0.3 is 15.0 Å². The molecule has 1 atom stereocenters. The van der Waals surface area contributed by atoms with Crippen LogP contribution in [-0.2, 0) is 9.59 Å². The number of carbonyl (C=O) groups excluding carboxylic acids is 2. The summed E-state index contributed by atoms with van der Waals surface area (Å²) in [5.41, 5.74) is 3.62. The molecule has 1 fully saturated rings. The number of carbonyl (C=O) groups is 2. The average Bonchev–Trinajstić information content (AvgIpc) is 2.99. The van der Waals surface area contributed by atoms with Gasteiger partial charge in [0.15, 0.2) is 0 Å². The van der Waals surface area contributed by atoms with E-state index in [0.717, 1.165) is 11.3 Å². The molecule has 136 valence electrons. The number of nitrogens with zero attached hydrogens (tertiary/aromatic N) is 1. The van der Waals surface area contributed by atoms with Crippen LogP contribution in [0.3, 0.4) is 0 Å². The first kappa shape index (κ1) is 18.3. The summed E-state index contributed by atoms with van der Waals surface area (Å²) in [6, 6.07) is 10.9. The van der Waals surface area contributed by atoms with E-state index in [4.69, 9.17) is 16.3 Å². The lowest BCUT2D eigenvalue weighted by atomic mass is 10.1. The third kappa shape index (κ3) is 3.68. The molecule has 2 aromatic carbocycles. The first-order valence-corrected chi connectivity index (χ1v) is 8.79. The predicted octanol–water partition coefficient (Wildman–Crippen LogP) is 3.96. The van der Waals surface area contributed by atoms with Gasteiger partial charge in [0.1, 0.15) is 5.75 Å². The molecule has 0 aliphatic carbocycles. The quantitative estimate of drug-likeness (QED) is 0.883. The Hall–Kier alpha value is -2.53. The van der Waals surface area contributed by atoms with Gasteiger partial charge in [0.05, 0.1) is 18.7 Å². The van der Waals surface area contributed by atoms with Crippen molar-refractivity contribution in [2.24, 2.45) is 5.92 Å². The maximum atomic E-state index is 12.6. The molecular formula is C20H21ClN2O3. The number of benzene rings is 2.